The largest absolute Gasteiger partial charge is 4.00 e. The molecule has 8 rings (SSSR count). The predicted octanol–water partition coefficient (Wildman–Crippen LogP) is 12.4. The van der Waals surface area contributed by atoms with E-state index in [4.69, 9.17) is 0 Å². The molecule has 0 fully saturated rings. The Morgan fingerprint density at radius 1 is 0.409 bits per heavy atom. The van der Waals surface area contributed by atoms with Crippen molar-refractivity contribution < 1.29 is 25.8 Å². The second-order valence-electron chi connectivity index (χ2n) is 10.3. The van der Waals surface area contributed by atoms with Crippen LogP contribution in [0.4, 0.5) is 0 Å². The second kappa shape index (κ2) is 16.3. The van der Waals surface area contributed by atoms with Crippen LogP contribution in [0.3, 0.4) is 0 Å². The molecule has 8 aromatic carbocycles. The molecule has 0 aromatic heterocycles. The van der Waals surface area contributed by atoms with Crippen LogP contribution >= 0.6 is 0 Å². The van der Waals surface area contributed by atoms with Gasteiger partial charge in [-0.25, -0.2) is 0 Å². The molecule has 0 aliphatic carbocycles. The maximum absolute atomic E-state index is 2.27. The zero-order valence-electron chi connectivity index (χ0n) is 26.0. The number of hydrogen-bond donors (Lipinski definition) is 0. The first-order valence-corrected chi connectivity index (χ1v) is 16.1. The smallest absolute Gasteiger partial charge is 0.358 e. The Labute approximate surface area is 284 Å². The van der Waals surface area contributed by atoms with Gasteiger partial charge < -0.3 is 14.9 Å². The zero-order valence-corrected chi connectivity index (χ0v) is 30.6. The van der Waals surface area contributed by atoms with E-state index < -0.39 is 0 Å². The number of fused-ring (bicyclic) bond motifs is 4. The fourth-order valence-electron chi connectivity index (χ4n) is 5.57. The minimum atomic E-state index is 0. The first kappa shape index (κ1) is 34.6. The zero-order chi connectivity index (χ0) is 28.0. The summed E-state index contributed by atoms with van der Waals surface area (Å²) in [5.74, 6) is 0. The van der Waals surface area contributed by atoms with Gasteiger partial charge in [0.2, 0.25) is 0 Å². The van der Waals surface area contributed by atoms with Crippen molar-refractivity contribution in [2.45, 2.75) is 13.1 Å². The van der Waals surface area contributed by atoms with Gasteiger partial charge in [-0.15, -0.1) is 69.1 Å². The minimum absolute atomic E-state index is 0. The van der Waals surface area contributed by atoms with Gasteiger partial charge in [0, 0.05) is 9.52 Å². The number of benzene rings is 6. The molecule has 0 N–H and O–H groups in total. The van der Waals surface area contributed by atoms with Crippen molar-refractivity contribution in [3.8, 4) is 22.3 Å². The molecule has 0 bridgehead atoms. The van der Waals surface area contributed by atoms with Crippen LogP contribution in [0.5, 0.6) is 0 Å². The molecular weight excluding hydrogens is 711 g/mol. The fraction of sp³-hybridized carbons (Fsp3) is 0.0476. The van der Waals surface area contributed by atoms with Crippen LogP contribution in [0.2, 0.25) is 13.1 Å². The predicted molar refractivity (Wildman–Crippen MR) is 195 cm³/mol. The van der Waals surface area contributed by atoms with E-state index in [1.165, 1.54) is 65.3 Å². The molecule has 0 heterocycles. The van der Waals surface area contributed by atoms with Gasteiger partial charge in [0.25, 0.3) is 0 Å². The summed E-state index contributed by atoms with van der Waals surface area (Å²) in [6.07, 6.45) is 0. The Balaban J connectivity index is 0.000000208. The number of rotatable bonds is 2. The van der Waals surface area contributed by atoms with Crippen molar-refractivity contribution >= 4 is 52.6 Å². The molecule has 2 heteroatoms. The van der Waals surface area contributed by atoms with E-state index in [2.05, 4.69) is 171 Å². The molecule has 0 atom stereocenters. The Hall–Kier alpha value is -3.85. The Morgan fingerprint density at radius 2 is 0.727 bits per heavy atom. The quantitative estimate of drug-likeness (QED) is 0.122. The maximum Gasteiger partial charge on any atom is 4.00 e. The molecular formula is C42H38HfSi. The van der Waals surface area contributed by atoms with Gasteiger partial charge in [0.1, 0.15) is 0 Å². The first-order chi connectivity index (χ1) is 20.2. The summed E-state index contributed by atoms with van der Waals surface area (Å²) in [4.78, 5) is 0. The van der Waals surface area contributed by atoms with Gasteiger partial charge in [-0.05, 0) is 21.5 Å². The third kappa shape index (κ3) is 7.43. The molecule has 0 aliphatic rings. The van der Waals surface area contributed by atoms with Crippen LogP contribution < -0.4 is 0 Å². The van der Waals surface area contributed by atoms with Crippen LogP contribution in [0.25, 0.3) is 65.3 Å². The Kier molecular flexibility index (Phi) is 12.8. The molecule has 0 saturated heterocycles. The molecule has 0 amide bonds. The topological polar surface area (TPSA) is 0 Å². The standard InChI is InChI=1S/2C19H13.C2H6Si.2CH3.Hf/c2*1-2-8-16-13-17(12-15(16)7-1)19-11-5-9-14-6-3-4-10-18(14)19;1-3-2;;;/h2*1-13H;1-2H3;2*1H3;/q2*-1;;2*-1;+4. The van der Waals surface area contributed by atoms with Crippen LogP contribution in [-0.2, 0) is 25.8 Å². The molecule has 2 radical (unpaired) electrons. The van der Waals surface area contributed by atoms with E-state index in [9.17, 15) is 0 Å². The summed E-state index contributed by atoms with van der Waals surface area (Å²) in [6, 6.07) is 56.3. The SMILES string of the molecule is C[Si]C.[CH3-].[CH3-].[Hf+4].c1ccc2[cH-]c(-c3cccc4ccccc34)cc2c1.c1ccc2[cH-]c(-c3cccc4ccccc34)cc2c1. The van der Waals surface area contributed by atoms with E-state index >= 15 is 0 Å². The average molecular weight is 749 g/mol. The van der Waals surface area contributed by atoms with Gasteiger partial charge in [0.15, 0.2) is 0 Å². The summed E-state index contributed by atoms with van der Waals surface area (Å²) in [5.41, 5.74) is 5.24. The molecule has 44 heavy (non-hydrogen) atoms. The summed E-state index contributed by atoms with van der Waals surface area (Å²) < 4.78 is 0. The molecule has 0 nitrogen and oxygen atoms in total. The number of hydrogen-bond acceptors (Lipinski definition) is 0. The second-order valence-corrected chi connectivity index (χ2v) is 11.3. The third-order valence-electron chi connectivity index (χ3n) is 7.44. The van der Waals surface area contributed by atoms with Crippen molar-refractivity contribution in [2.24, 2.45) is 0 Å². The van der Waals surface area contributed by atoms with Crippen LogP contribution in [0, 0.1) is 14.9 Å². The first-order valence-electron chi connectivity index (χ1n) is 14.1. The average Bonchev–Trinajstić information content (AvgIpc) is 3.66. The normalized spacial score (nSPS) is 10.0. The van der Waals surface area contributed by atoms with Gasteiger partial charge in [-0.2, -0.15) is 0 Å². The van der Waals surface area contributed by atoms with Crippen molar-refractivity contribution in [3.63, 3.8) is 0 Å². The van der Waals surface area contributed by atoms with E-state index in [1.807, 2.05) is 0 Å². The fourth-order valence-corrected chi connectivity index (χ4v) is 5.57. The van der Waals surface area contributed by atoms with Crippen molar-refractivity contribution in [2.75, 3.05) is 0 Å². The van der Waals surface area contributed by atoms with Crippen molar-refractivity contribution in [3.05, 3.63) is 173 Å². The van der Waals surface area contributed by atoms with Gasteiger partial charge >= 0.3 is 25.8 Å². The van der Waals surface area contributed by atoms with E-state index in [0.717, 1.165) is 9.52 Å². The summed E-state index contributed by atoms with van der Waals surface area (Å²) in [5, 5.41) is 10.5. The molecule has 214 valence electrons. The minimum Gasteiger partial charge on any atom is -0.358 e. The Bertz CT molecular complexity index is 1830. The molecule has 0 saturated carbocycles. The third-order valence-corrected chi connectivity index (χ3v) is 7.44. The van der Waals surface area contributed by atoms with Crippen LogP contribution in [0.15, 0.2) is 158 Å². The Morgan fingerprint density at radius 3 is 1.11 bits per heavy atom. The molecule has 8 aromatic rings. The molecule has 0 unspecified atom stereocenters. The van der Waals surface area contributed by atoms with E-state index in [1.54, 1.807) is 0 Å². The van der Waals surface area contributed by atoms with Crippen molar-refractivity contribution in [1.29, 1.82) is 0 Å². The monoisotopic (exact) mass is 750 g/mol. The van der Waals surface area contributed by atoms with Crippen molar-refractivity contribution in [1.82, 2.24) is 0 Å². The summed E-state index contributed by atoms with van der Waals surface area (Å²) in [7, 11) is 1.08. The molecule has 0 aliphatic heterocycles. The molecule has 0 spiro atoms. The summed E-state index contributed by atoms with van der Waals surface area (Å²) >= 11 is 0. The summed E-state index contributed by atoms with van der Waals surface area (Å²) in [6.45, 7) is 4.31. The maximum atomic E-state index is 2.27. The van der Waals surface area contributed by atoms with Gasteiger partial charge in [-0.3, -0.25) is 0 Å². The van der Waals surface area contributed by atoms with E-state index in [-0.39, 0.29) is 40.7 Å². The van der Waals surface area contributed by atoms with Gasteiger partial charge in [-0.1, -0.05) is 146 Å². The van der Waals surface area contributed by atoms with Crippen LogP contribution in [-0.4, -0.2) is 9.52 Å². The van der Waals surface area contributed by atoms with Crippen LogP contribution in [0.1, 0.15) is 0 Å². The van der Waals surface area contributed by atoms with Gasteiger partial charge in [0.05, 0.1) is 0 Å². The van der Waals surface area contributed by atoms with E-state index in [0.29, 0.717) is 0 Å².